The van der Waals surface area contributed by atoms with Gasteiger partial charge < -0.3 is 4.90 Å². The van der Waals surface area contributed by atoms with Gasteiger partial charge in [0, 0.05) is 37.3 Å². The van der Waals surface area contributed by atoms with Gasteiger partial charge in [0.05, 0.1) is 5.75 Å². The molecule has 3 rings (SSSR count). The summed E-state index contributed by atoms with van der Waals surface area (Å²) >= 11 is 0. The Morgan fingerprint density at radius 1 is 0.833 bits per heavy atom. The highest BCUT2D eigenvalue weighted by molar-refractivity contribution is 7.85. The molecule has 0 atom stereocenters. The van der Waals surface area contributed by atoms with E-state index in [-0.39, 0.29) is 5.75 Å². The molecule has 0 amide bonds. The number of hydrogen-bond acceptors (Lipinski definition) is 3. The van der Waals surface area contributed by atoms with Gasteiger partial charge in [-0.25, -0.2) is 4.57 Å². The first kappa shape index (κ1) is 27.9. The van der Waals surface area contributed by atoms with Gasteiger partial charge in [-0.1, -0.05) is 58.0 Å². The zero-order valence-corrected chi connectivity index (χ0v) is 22.9. The van der Waals surface area contributed by atoms with Crippen molar-refractivity contribution in [1.29, 1.82) is 0 Å². The Morgan fingerprint density at radius 2 is 1.42 bits per heavy atom. The van der Waals surface area contributed by atoms with Crippen molar-refractivity contribution in [2.45, 2.75) is 53.5 Å². The van der Waals surface area contributed by atoms with Gasteiger partial charge in [0.25, 0.3) is 10.1 Å². The Bertz CT molecular complexity index is 1240. The molecule has 0 saturated carbocycles. The average Bonchev–Trinajstić information content (AvgIpc) is 2.82. The van der Waals surface area contributed by atoms with Crippen molar-refractivity contribution in [1.82, 2.24) is 0 Å². The first-order valence-electron chi connectivity index (χ1n) is 13.0. The first-order chi connectivity index (χ1) is 17.1. The van der Waals surface area contributed by atoms with Crippen molar-refractivity contribution in [3.8, 4) is 0 Å². The minimum Gasteiger partial charge on any atom is -0.371 e. The fourth-order valence-electron chi connectivity index (χ4n) is 4.10. The zero-order valence-electron chi connectivity index (χ0n) is 22.1. The monoisotopic (exact) mass is 509 g/mol. The molecule has 0 unspecified atom stereocenters. The molecule has 0 bridgehead atoms. The standard InChI is InChI=1S/C30H40N2O3S/c1-24(2)12-19-32(20-13-25(3)4)30-11-10-28-22-27(8-9-29(28)23-30)7-6-26-14-17-31(18-15-26)16-5-21-36(33,34)35/h6-11,14-15,17-18,22-25H,5,12-13,16,19-21H2,1-4H3/p+1. The lowest BCUT2D eigenvalue weighted by atomic mass is 10.0. The van der Waals surface area contributed by atoms with Crippen molar-refractivity contribution in [3.63, 3.8) is 0 Å². The van der Waals surface area contributed by atoms with Crippen LogP contribution in [-0.4, -0.2) is 31.8 Å². The highest BCUT2D eigenvalue weighted by Crippen LogP contribution is 2.25. The van der Waals surface area contributed by atoms with Crippen LogP contribution >= 0.6 is 0 Å². The first-order valence-corrected chi connectivity index (χ1v) is 14.6. The maximum absolute atomic E-state index is 10.9. The van der Waals surface area contributed by atoms with E-state index in [4.69, 9.17) is 4.55 Å². The molecule has 0 radical (unpaired) electrons. The van der Waals surface area contributed by atoms with Crippen LogP contribution < -0.4 is 9.47 Å². The van der Waals surface area contributed by atoms with E-state index in [0.717, 1.165) is 24.2 Å². The SMILES string of the molecule is CC(C)CCN(CCC(C)C)c1ccc2cc(/C=C/c3cc[n+](CCCS(=O)(=O)O)cc3)ccc2c1. The van der Waals surface area contributed by atoms with E-state index in [2.05, 4.69) is 81.1 Å². The van der Waals surface area contributed by atoms with E-state index in [9.17, 15) is 8.42 Å². The third-order valence-electron chi connectivity index (χ3n) is 6.37. The molecule has 6 heteroatoms. The smallest absolute Gasteiger partial charge is 0.265 e. The lowest BCUT2D eigenvalue weighted by Crippen LogP contribution is -2.33. The van der Waals surface area contributed by atoms with Gasteiger partial charge in [-0.3, -0.25) is 4.55 Å². The Morgan fingerprint density at radius 3 is 2.03 bits per heavy atom. The lowest BCUT2D eigenvalue weighted by molar-refractivity contribution is -0.696. The summed E-state index contributed by atoms with van der Waals surface area (Å²) in [5.41, 5.74) is 3.53. The molecular formula is C30H41N2O3S+. The van der Waals surface area contributed by atoms with Crippen LogP contribution in [0.4, 0.5) is 5.69 Å². The van der Waals surface area contributed by atoms with E-state index in [1.165, 1.54) is 29.3 Å². The number of hydrogen-bond donors (Lipinski definition) is 1. The number of fused-ring (bicyclic) bond motifs is 1. The largest absolute Gasteiger partial charge is 0.371 e. The quantitative estimate of drug-likeness (QED) is 0.212. The number of anilines is 1. The average molecular weight is 510 g/mol. The highest BCUT2D eigenvalue weighted by atomic mass is 32.2. The summed E-state index contributed by atoms with van der Waals surface area (Å²) < 4.78 is 32.5. The van der Waals surface area contributed by atoms with Crippen molar-refractivity contribution in [3.05, 3.63) is 72.1 Å². The second-order valence-electron chi connectivity index (χ2n) is 10.5. The normalized spacial score (nSPS) is 12.3. The Kier molecular flexibility index (Phi) is 10.1. The van der Waals surface area contributed by atoms with E-state index < -0.39 is 10.1 Å². The van der Waals surface area contributed by atoms with E-state index in [1.807, 2.05) is 29.1 Å². The zero-order chi connectivity index (χ0) is 26.1. The summed E-state index contributed by atoms with van der Waals surface area (Å²) in [5.74, 6) is 1.17. The van der Waals surface area contributed by atoms with Crippen LogP contribution in [0, 0.1) is 11.8 Å². The van der Waals surface area contributed by atoms with E-state index in [0.29, 0.717) is 24.8 Å². The minimum absolute atomic E-state index is 0.223. The topological polar surface area (TPSA) is 61.5 Å². The van der Waals surface area contributed by atoms with Crippen LogP contribution in [-0.2, 0) is 16.7 Å². The number of aryl methyl sites for hydroxylation is 1. The third-order valence-corrected chi connectivity index (χ3v) is 7.17. The minimum atomic E-state index is -3.90. The van der Waals surface area contributed by atoms with Crippen LogP contribution in [0.15, 0.2) is 60.9 Å². The molecule has 0 spiro atoms. The summed E-state index contributed by atoms with van der Waals surface area (Å²) in [4.78, 5) is 2.54. The molecule has 0 saturated heterocycles. The highest BCUT2D eigenvalue weighted by Gasteiger charge is 2.10. The fraction of sp³-hybridized carbons (Fsp3) is 0.433. The summed E-state index contributed by atoms with van der Waals surface area (Å²) in [6.07, 6.45) is 10.8. The molecule has 5 nitrogen and oxygen atoms in total. The Hall–Kier alpha value is -2.70. The lowest BCUT2D eigenvalue weighted by Gasteiger charge is -2.27. The molecule has 36 heavy (non-hydrogen) atoms. The maximum atomic E-state index is 10.9. The molecule has 1 N–H and O–H groups in total. The summed E-state index contributed by atoms with van der Waals surface area (Å²) in [7, 11) is -3.90. The van der Waals surface area contributed by atoms with Gasteiger partial charge in [0.1, 0.15) is 6.54 Å². The van der Waals surface area contributed by atoms with Crippen molar-refractivity contribution in [2.24, 2.45) is 11.8 Å². The fourth-order valence-corrected chi connectivity index (χ4v) is 4.59. The molecule has 1 heterocycles. The Balaban J connectivity index is 1.67. The van der Waals surface area contributed by atoms with E-state index >= 15 is 0 Å². The number of pyridine rings is 1. The van der Waals surface area contributed by atoms with Crippen LogP contribution in [0.3, 0.4) is 0 Å². The molecule has 194 valence electrons. The van der Waals surface area contributed by atoms with Gasteiger partial charge in [-0.2, -0.15) is 8.42 Å². The maximum Gasteiger partial charge on any atom is 0.265 e. The molecule has 1 aromatic heterocycles. The summed E-state index contributed by atoms with van der Waals surface area (Å²) in [6, 6.07) is 17.4. The summed E-state index contributed by atoms with van der Waals surface area (Å²) in [5, 5.41) is 2.49. The number of nitrogens with zero attached hydrogens (tertiary/aromatic N) is 2. The molecule has 0 aliphatic rings. The molecular weight excluding hydrogens is 468 g/mol. The number of rotatable bonds is 13. The molecule has 0 aliphatic carbocycles. The second-order valence-corrected chi connectivity index (χ2v) is 12.1. The van der Waals surface area contributed by atoms with Crippen molar-refractivity contribution >= 4 is 38.7 Å². The molecule has 0 fully saturated rings. The second kappa shape index (κ2) is 13.0. The number of aromatic nitrogens is 1. The van der Waals surface area contributed by atoms with Crippen LogP contribution in [0.5, 0.6) is 0 Å². The molecule has 3 aromatic rings. The predicted molar refractivity (Wildman–Crippen MR) is 152 cm³/mol. The van der Waals surface area contributed by atoms with Crippen molar-refractivity contribution < 1.29 is 17.5 Å². The van der Waals surface area contributed by atoms with Crippen molar-refractivity contribution in [2.75, 3.05) is 23.7 Å². The van der Waals surface area contributed by atoms with Crippen LogP contribution in [0.25, 0.3) is 22.9 Å². The van der Waals surface area contributed by atoms with Gasteiger partial charge in [-0.15, -0.1) is 0 Å². The van der Waals surface area contributed by atoms with E-state index in [1.54, 1.807) is 0 Å². The van der Waals surface area contributed by atoms with Crippen LogP contribution in [0.2, 0.25) is 0 Å². The van der Waals surface area contributed by atoms with Gasteiger partial charge in [-0.05, 0) is 64.8 Å². The Labute approximate surface area is 217 Å². The van der Waals surface area contributed by atoms with Gasteiger partial charge >= 0.3 is 0 Å². The number of benzene rings is 2. The molecule has 0 aliphatic heterocycles. The summed E-state index contributed by atoms with van der Waals surface area (Å²) in [6.45, 7) is 11.9. The van der Waals surface area contributed by atoms with Crippen LogP contribution in [0.1, 0.15) is 58.1 Å². The predicted octanol–water partition coefficient (Wildman–Crippen LogP) is 6.47. The molecule has 2 aromatic carbocycles. The third kappa shape index (κ3) is 9.40. The van der Waals surface area contributed by atoms with Gasteiger partial charge in [0.15, 0.2) is 12.4 Å². The van der Waals surface area contributed by atoms with Gasteiger partial charge in [0.2, 0.25) is 0 Å².